The van der Waals surface area contributed by atoms with Crippen molar-refractivity contribution in [3.8, 4) is 5.69 Å². The van der Waals surface area contributed by atoms with Crippen molar-refractivity contribution in [3.63, 3.8) is 0 Å². The van der Waals surface area contributed by atoms with Crippen molar-refractivity contribution in [1.29, 1.82) is 0 Å². The van der Waals surface area contributed by atoms with Crippen LogP contribution in [0.4, 0.5) is 4.39 Å². The molecule has 1 unspecified atom stereocenters. The summed E-state index contributed by atoms with van der Waals surface area (Å²) in [6, 6.07) is 10.4. The summed E-state index contributed by atoms with van der Waals surface area (Å²) < 4.78 is 19.7. The molecular formula is C17H16FN3O3. The van der Waals surface area contributed by atoms with Gasteiger partial charge in [-0.2, -0.15) is 5.10 Å². The molecule has 0 saturated carbocycles. The number of halogens is 1. The summed E-state index contributed by atoms with van der Waals surface area (Å²) in [7, 11) is 0. The zero-order chi connectivity index (χ0) is 16.9. The van der Waals surface area contributed by atoms with E-state index in [1.807, 2.05) is 0 Å². The predicted molar refractivity (Wildman–Crippen MR) is 83.9 cm³/mol. The minimum absolute atomic E-state index is 0.0609. The Kier molecular flexibility index (Phi) is 4.72. The van der Waals surface area contributed by atoms with Gasteiger partial charge in [-0.3, -0.25) is 4.79 Å². The van der Waals surface area contributed by atoms with E-state index in [1.165, 1.54) is 18.4 Å². The number of aliphatic hydroxyl groups excluding tert-OH is 1. The molecule has 3 rings (SSSR count). The normalized spacial score (nSPS) is 12.1. The van der Waals surface area contributed by atoms with E-state index in [0.717, 1.165) is 0 Å². The van der Waals surface area contributed by atoms with Gasteiger partial charge in [0.25, 0.3) is 0 Å². The first-order valence-corrected chi connectivity index (χ1v) is 7.40. The second kappa shape index (κ2) is 7.10. The number of nitrogens with one attached hydrogen (secondary N) is 1. The molecule has 0 spiro atoms. The van der Waals surface area contributed by atoms with E-state index in [1.54, 1.807) is 41.2 Å². The zero-order valence-electron chi connectivity index (χ0n) is 12.7. The van der Waals surface area contributed by atoms with Crippen LogP contribution in [0.5, 0.6) is 0 Å². The molecule has 1 aromatic carbocycles. The molecular weight excluding hydrogens is 313 g/mol. The van der Waals surface area contributed by atoms with Crippen molar-refractivity contribution in [1.82, 2.24) is 15.1 Å². The number of aromatic nitrogens is 2. The van der Waals surface area contributed by atoms with Gasteiger partial charge in [-0.25, -0.2) is 9.07 Å². The summed E-state index contributed by atoms with van der Waals surface area (Å²) in [6.07, 6.45) is 3.24. The fraction of sp³-hybridized carbons (Fsp3) is 0.176. The van der Waals surface area contributed by atoms with Crippen molar-refractivity contribution in [3.05, 3.63) is 72.2 Å². The van der Waals surface area contributed by atoms with Gasteiger partial charge in [0, 0.05) is 6.20 Å². The van der Waals surface area contributed by atoms with Gasteiger partial charge in [0.2, 0.25) is 5.91 Å². The van der Waals surface area contributed by atoms with E-state index in [-0.39, 0.29) is 24.8 Å². The van der Waals surface area contributed by atoms with E-state index in [2.05, 4.69) is 10.4 Å². The fourth-order valence-corrected chi connectivity index (χ4v) is 2.30. The Morgan fingerprint density at radius 3 is 2.75 bits per heavy atom. The van der Waals surface area contributed by atoms with Crippen LogP contribution in [0.2, 0.25) is 0 Å². The van der Waals surface area contributed by atoms with Crippen LogP contribution in [0.1, 0.15) is 17.5 Å². The molecule has 6 nitrogen and oxygen atoms in total. The number of amides is 1. The lowest BCUT2D eigenvalue weighted by Gasteiger charge is -2.13. The molecule has 7 heteroatoms. The molecule has 24 heavy (non-hydrogen) atoms. The van der Waals surface area contributed by atoms with E-state index < -0.39 is 6.04 Å². The molecule has 2 heterocycles. The van der Waals surface area contributed by atoms with E-state index >= 15 is 0 Å². The van der Waals surface area contributed by atoms with Crippen molar-refractivity contribution in [2.24, 2.45) is 0 Å². The second-order valence-corrected chi connectivity index (χ2v) is 5.22. The van der Waals surface area contributed by atoms with Gasteiger partial charge in [0.05, 0.1) is 30.7 Å². The Hall–Kier alpha value is -2.93. The topological polar surface area (TPSA) is 80.3 Å². The number of carbonyl (C=O) groups is 1. The van der Waals surface area contributed by atoms with Crippen molar-refractivity contribution >= 4 is 5.91 Å². The first-order valence-electron chi connectivity index (χ1n) is 7.40. The first-order chi connectivity index (χ1) is 11.7. The van der Waals surface area contributed by atoms with Gasteiger partial charge in [-0.1, -0.05) is 0 Å². The molecule has 2 N–H and O–H groups in total. The molecule has 0 bridgehead atoms. The summed E-state index contributed by atoms with van der Waals surface area (Å²) in [5, 5.41) is 16.3. The summed E-state index contributed by atoms with van der Waals surface area (Å²) >= 11 is 0. The summed E-state index contributed by atoms with van der Waals surface area (Å²) in [5.74, 6) is -0.115. The van der Waals surface area contributed by atoms with Crippen molar-refractivity contribution < 1.29 is 18.7 Å². The van der Waals surface area contributed by atoms with Gasteiger partial charge in [0.15, 0.2) is 0 Å². The predicted octanol–water partition coefficient (Wildman–Crippen LogP) is 2.00. The lowest BCUT2D eigenvalue weighted by Crippen LogP contribution is -2.31. The zero-order valence-corrected chi connectivity index (χ0v) is 12.7. The Morgan fingerprint density at radius 2 is 2.08 bits per heavy atom. The first kappa shape index (κ1) is 15.9. The van der Waals surface area contributed by atoms with Gasteiger partial charge in [-0.15, -0.1) is 0 Å². The quantitative estimate of drug-likeness (QED) is 0.725. The van der Waals surface area contributed by atoms with Crippen LogP contribution in [0.3, 0.4) is 0 Å². The van der Waals surface area contributed by atoms with Crippen LogP contribution in [0.25, 0.3) is 5.69 Å². The second-order valence-electron chi connectivity index (χ2n) is 5.22. The van der Waals surface area contributed by atoms with Crippen molar-refractivity contribution in [2.45, 2.75) is 12.5 Å². The number of aliphatic hydroxyl groups is 1. The Labute approximate surface area is 137 Å². The fourth-order valence-electron chi connectivity index (χ4n) is 2.30. The number of benzene rings is 1. The molecule has 0 aliphatic heterocycles. The maximum atomic E-state index is 12.9. The maximum Gasteiger partial charge on any atom is 0.226 e. The number of furan rings is 1. The van der Waals surface area contributed by atoms with Crippen LogP contribution in [-0.4, -0.2) is 27.4 Å². The maximum absolute atomic E-state index is 12.9. The van der Waals surface area contributed by atoms with Crippen LogP contribution in [-0.2, 0) is 11.2 Å². The molecule has 1 amide bonds. The molecule has 1 atom stereocenters. The van der Waals surface area contributed by atoms with Crippen LogP contribution in [0.15, 0.2) is 59.3 Å². The SMILES string of the molecule is O=C(Cc1ccn(-c2ccc(F)cc2)n1)NC(CO)c1ccco1. The van der Waals surface area contributed by atoms with E-state index in [9.17, 15) is 14.3 Å². The molecule has 3 aromatic rings. The van der Waals surface area contributed by atoms with Crippen LogP contribution >= 0.6 is 0 Å². The third-order valence-electron chi connectivity index (χ3n) is 3.48. The highest BCUT2D eigenvalue weighted by molar-refractivity contribution is 5.78. The number of hydrogen-bond acceptors (Lipinski definition) is 4. The van der Waals surface area contributed by atoms with E-state index in [4.69, 9.17) is 4.42 Å². The summed E-state index contributed by atoms with van der Waals surface area (Å²) in [4.78, 5) is 12.1. The highest BCUT2D eigenvalue weighted by Gasteiger charge is 2.17. The molecule has 124 valence electrons. The average Bonchev–Trinajstić information content (AvgIpc) is 3.25. The Bertz CT molecular complexity index is 797. The van der Waals surface area contributed by atoms with Gasteiger partial charge in [-0.05, 0) is 42.5 Å². The minimum atomic E-state index is -0.591. The molecule has 0 saturated heterocycles. The average molecular weight is 329 g/mol. The van der Waals surface area contributed by atoms with Gasteiger partial charge < -0.3 is 14.8 Å². The minimum Gasteiger partial charge on any atom is -0.467 e. The Morgan fingerprint density at radius 1 is 1.29 bits per heavy atom. The largest absolute Gasteiger partial charge is 0.467 e. The van der Waals surface area contributed by atoms with Crippen molar-refractivity contribution in [2.75, 3.05) is 6.61 Å². The van der Waals surface area contributed by atoms with Gasteiger partial charge in [0.1, 0.15) is 17.6 Å². The highest BCUT2D eigenvalue weighted by atomic mass is 19.1. The lowest BCUT2D eigenvalue weighted by atomic mass is 10.2. The summed E-state index contributed by atoms with van der Waals surface area (Å²) in [6.45, 7) is -0.261. The summed E-state index contributed by atoms with van der Waals surface area (Å²) in [5.41, 5.74) is 1.26. The number of nitrogens with zero attached hydrogens (tertiary/aromatic N) is 2. The smallest absolute Gasteiger partial charge is 0.226 e. The molecule has 0 aliphatic rings. The molecule has 0 radical (unpaired) electrons. The number of rotatable bonds is 6. The molecule has 0 aliphatic carbocycles. The van der Waals surface area contributed by atoms with E-state index in [0.29, 0.717) is 17.1 Å². The standard InChI is InChI=1S/C17H16FN3O3/c18-12-3-5-14(6-4-12)21-8-7-13(20-21)10-17(23)19-15(11-22)16-2-1-9-24-16/h1-9,15,22H,10-11H2,(H,19,23). The third kappa shape index (κ3) is 3.69. The van der Waals surface area contributed by atoms with Gasteiger partial charge >= 0.3 is 0 Å². The molecule has 2 aromatic heterocycles. The lowest BCUT2D eigenvalue weighted by molar-refractivity contribution is -0.121. The van der Waals surface area contributed by atoms with Crippen LogP contribution < -0.4 is 5.32 Å². The Balaban J connectivity index is 1.64. The van der Waals surface area contributed by atoms with Crippen LogP contribution in [0, 0.1) is 5.82 Å². The monoisotopic (exact) mass is 329 g/mol. The number of hydrogen-bond donors (Lipinski definition) is 2. The molecule has 0 fully saturated rings. The number of carbonyl (C=O) groups excluding carboxylic acids is 1. The third-order valence-corrected chi connectivity index (χ3v) is 3.48. The highest BCUT2D eigenvalue weighted by Crippen LogP contribution is 2.13.